The summed E-state index contributed by atoms with van der Waals surface area (Å²) in [5, 5.41) is 19.1. The van der Waals surface area contributed by atoms with E-state index in [1.165, 1.54) is 77.0 Å². The number of hydrogen-bond donors (Lipinski definition) is 0. The average Bonchev–Trinajstić information content (AvgIpc) is 2.75. The second-order valence-corrected chi connectivity index (χ2v) is 7.33. The van der Waals surface area contributed by atoms with Gasteiger partial charge in [0.25, 0.3) is 0 Å². The lowest BCUT2D eigenvalue weighted by molar-refractivity contribution is 0.398. The van der Waals surface area contributed by atoms with Crippen LogP contribution in [0, 0.1) is 11.3 Å². The van der Waals surface area contributed by atoms with Crippen LogP contribution in [-0.2, 0) is 0 Å². The summed E-state index contributed by atoms with van der Waals surface area (Å²) in [5.74, 6) is 0. The minimum Gasteiger partial charge on any atom is -0.196 e. The Morgan fingerprint density at radius 2 is 1.14 bits per heavy atom. The highest BCUT2D eigenvalue weighted by Gasteiger charge is 2.30. The van der Waals surface area contributed by atoms with Crippen LogP contribution >= 0.6 is 0 Å². The zero-order valence-electron chi connectivity index (χ0n) is 14.2. The van der Waals surface area contributed by atoms with Gasteiger partial charge in [0, 0.05) is 0 Å². The lowest BCUT2D eigenvalue weighted by atomic mass is 9.90. The molecule has 2 rings (SSSR count). The lowest BCUT2D eigenvalue weighted by Gasteiger charge is -2.21. The first-order valence-corrected chi connectivity index (χ1v) is 9.68. The third kappa shape index (κ3) is 6.07. The summed E-state index contributed by atoms with van der Waals surface area (Å²) in [7, 11) is 0. The van der Waals surface area contributed by atoms with E-state index in [1.54, 1.807) is 0 Å². The van der Waals surface area contributed by atoms with Crippen LogP contribution in [0.2, 0.25) is 0 Å². The van der Waals surface area contributed by atoms with Crippen molar-refractivity contribution in [3.63, 3.8) is 0 Å². The van der Waals surface area contributed by atoms with E-state index in [9.17, 15) is 5.26 Å². The fourth-order valence-corrected chi connectivity index (χ4v) is 3.82. The van der Waals surface area contributed by atoms with Crippen LogP contribution in [0.3, 0.4) is 0 Å². The quantitative estimate of drug-likeness (QED) is 0.549. The zero-order valence-corrected chi connectivity index (χ0v) is 14.2. The standard InChI is InChI=1S/C19H33N3/c20-17-19(15-11-7-3-4-8-12-16-19)22-21-18-13-9-5-1-2-6-10-14-18/h18H,1-16H2. The van der Waals surface area contributed by atoms with Crippen molar-refractivity contribution in [1.29, 1.82) is 5.26 Å². The van der Waals surface area contributed by atoms with E-state index in [4.69, 9.17) is 5.11 Å². The van der Waals surface area contributed by atoms with E-state index in [2.05, 4.69) is 11.2 Å². The predicted molar refractivity (Wildman–Crippen MR) is 90.9 cm³/mol. The molecule has 0 heterocycles. The summed E-state index contributed by atoms with van der Waals surface area (Å²) in [4.78, 5) is 0. The summed E-state index contributed by atoms with van der Waals surface area (Å²) in [5.41, 5.74) is -0.511. The van der Waals surface area contributed by atoms with Crippen molar-refractivity contribution in [3.8, 4) is 6.07 Å². The number of nitriles is 1. The van der Waals surface area contributed by atoms with Crippen LogP contribution in [-0.4, -0.2) is 11.6 Å². The maximum Gasteiger partial charge on any atom is 0.167 e. The largest absolute Gasteiger partial charge is 0.196 e. The Labute approximate surface area is 136 Å². The van der Waals surface area contributed by atoms with Crippen LogP contribution in [0.25, 0.3) is 0 Å². The van der Waals surface area contributed by atoms with E-state index in [-0.39, 0.29) is 0 Å². The van der Waals surface area contributed by atoms with Gasteiger partial charge in [-0.3, -0.25) is 0 Å². The van der Waals surface area contributed by atoms with Crippen molar-refractivity contribution >= 4 is 0 Å². The van der Waals surface area contributed by atoms with Crippen LogP contribution in [0.4, 0.5) is 0 Å². The Kier molecular flexibility index (Phi) is 7.91. The van der Waals surface area contributed by atoms with Crippen LogP contribution in [0.5, 0.6) is 0 Å². The lowest BCUT2D eigenvalue weighted by Crippen LogP contribution is -2.24. The first-order chi connectivity index (χ1) is 10.8. The highest BCUT2D eigenvalue weighted by atomic mass is 15.2. The van der Waals surface area contributed by atoms with Gasteiger partial charge < -0.3 is 0 Å². The van der Waals surface area contributed by atoms with Gasteiger partial charge in [-0.1, -0.05) is 64.2 Å². The van der Waals surface area contributed by atoms with Gasteiger partial charge in [-0.15, -0.1) is 0 Å². The van der Waals surface area contributed by atoms with Crippen molar-refractivity contribution in [2.75, 3.05) is 0 Å². The molecule has 2 fully saturated rings. The van der Waals surface area contributed by atoms with E-state index in [1.807, 2.05) is 0 Å². The summed E-state index contributed by atoms with van der Waals surface area (Å²) < 4.78 is 0. The van der Waals surface area contributed by atoms with Crippen molar-refractivity contribution < 1.29 is 0 Å². The monoisotopic (exact) mass is 303 g/mol. The molecule has 0 bridgehead atoms. The average molecular weight is 303 g/mol. The maximum atomic E-state index is 9.72. The molecule has 22 heavy (non-hydrogen) atoms. The van der Waals surface area contributed by atoms with Gasteiger partial charge in [-0.25, -0.2) is 0 Å². The second-order valence-electron chi connectivity index (χ2n) is 7.33. The van der Waals surface area contributed by atoms with Crippen molar-refractivity contribution in [3.05, 3.63) is 0 Å². The van der Waals surface area contributed by atoms with Crippen molar-refractivity contribution in [1.82, 2.24) is 0 Å². The molecule has 3 nitrogen and oxygen atoms in total. The van der Waals surface area contributed by atoms with E-state index >= 15 is 0 Å². The molecule has 0 N–H and O–H groups in total. The minimum atomic E-state index is -0.511. The van der Waals surface area contributed by atoms with E-state index in [0.717, 1.165) is 25.7 Å². The molecule has 3 heteroatoms. The predicted octanol–water partition coefficient (Wildman–Crippen LogP) is 6.34. The highest BCUT2D eigenvalue weighted by Crippen LogP contribution is 2.30. The molecular weight excluding hydrogens is 270 g/mol. The smallest absolute Gasteiger partial charge is 0.167 e. The molecule has 0 aromatic carbocycles. The molecule has 0 saturated heterocycles. The van der Waals surface area contributed by atoms with Crippen LogP contribution in [0.15, 0.2) is 10.2 Å². The molecule has 0 spiro atoms. The van der Waals surface area contributed by atoms with Gasteiger partial charge >= 0.3 is 0 Å². The third-order valence-electron chi connectivity index (χ3n) is 5.38. The molecule has 2 aliphatic carbocycles. The van der Waals surface area contributed by atoms with Crippen LogP contribution < -0.4 is 0 Å². The zero-order chi connectivity index (χ0) is 15.5. The fourth-order valence-electron chi connectivity index (χ4n) is 3.82. The van der Waals surface area contributed by atoms with Gasteiger partial charge in [0.15, 0.2) is 5.54 Å². The molecule has 0 radical (unpaired) electrons. The molecule has 0 aromatic heterocycles. The molecule has 0 aromatic rings. The minimum absolute atomic E-state index is 0.371. The van der Waals surface area contributed by atoms with Gasteiger partial charge in [0.05, 0.1) is 12.1 Å². The molecule has 124 valence electrons. The third-order valence-corrected chi connectivity index (χ3v) is 5.38. The molecule has 0 atom stereocenters. The summed E-state index contributed by atoms with van der Waals surface area (Å²) in [6, 6.07) is 2.90. The Hall–Kier alpha value is -0.910. The van der Waals surface area contributed by atoms with Gasteiger partial charge in [-0.05, 0) is 38.5 Å². The maximum absolute atomic E-state index is 9.72. The Morgan fingerprint density at radius 3 is 1.64 bits per heavy atom. The molecule has 2 saturated carbocycles. The van der Waals surface area contributed by atoms with E-state index < -0.39 is 5.54 Å². The molecule has 2 aliphatic rings. The molecular formula is C19H33N3. The summed E-state index contributed by atoms with van der Waals surface area (Å²) in [6.45, 7) is 0. The number of hydrogen-bond acceptors (Lipinski definition) is 3. The number of nitrogens with zero attached hydrogens (tertiary/aromatic N) is 3. The number of rotatable bonds is 2. The normalized spacial score (nSPS) is 26.0. The Morgan fingerprint density at radius 1 is 0.682 bits per heavy atom. The van der Waals surface area contributed by atoms with Crippen molar-refractivity contribution in [2.24, 2.45) is 10.2 Å². The van der Waals surface area contributed by atoms with Gasteiger partial charge in [0.1, 0.15) is 0 Å². The summed E-state index contributed by atoms with van der Waals surface area (Å²) >= 11 is 0. The topological polar surface area (TPSA) is 48.5 Å². The highest BCUT2D eigenvalue weighted by molar-refractivity contribution is 5.06. The Balaban J connectivity index is 1.96. The second kappa shape index (κ2) is 9.98. The first-order valence-electron chi connectivity index (χ1n) is 9.68. The molecule has 0 unspecified atom stereocenters. The molecule has 0 amide bonds. The van der Waals surface area contributed by atoms with Gasteiger partial charge in [-0.2, -0.15) is 15.5 Å². The molecule has 0 aliphatic heterocycles. The number of azo groups is 1. The first kappa shape index (κ1) is 17.4. The van der Waals surface area contributed by atoms with Crippen molar-refractivity contribution in [2.45, 2.75) is 114 Å². The van der Waals surface area contributed by atoms with Gasteiger partial charge in [0.2, 0.25) is 0 Å². The summed E-state index contributed by atoms with van der Waals surface area (Å²) in [6.07, 6.45) is 19.6. The van der Waals surface area contributed by atoms with E-state index in [0.29, 0.717) is 6.04 Å². The fraction of sp³-hybridized carbons (Fsp3) is 0.947. The SMILES string of the molecule is N#CC1(N=NC2CCCCCCCC2)CCCCCCCC1. The Bertz CT molecular complexity index is 349. The van der Waals surface area contributed by atoms with Crippen LogP contribution in [0.1, 0.15) is 103 Å².